The van der Waals surface area contributed by atoms with Crippen LogP contribution in [0.1, 0.15) is 26.7 Å². The summed E-state index contributed by atoms with van der Waals surface area (Å²) >= 11 is 0. The lowest BCUT2D eigenvalue weighted by Gasteiger charge is -2.25. The summed E-state index contributed by atoms with van der Waals surface area (Å²) in [4.78, 5) is 23.5. The Hall–Kier alpha value is -1.27. The SMILES string of the molecule is CC(C)CNC(=O)C1CCCN1C(=O)C(F)(F)F. The molecule has 2 amide bonds. The summed E-state index contributed by atoms with van der Waals surface area (Å²) < 4.78 is 37.0. The highest BCUT2D eigenvalue weighted by Crippen LogP contribution is 2.25. The van der Waals surface area contributed by atoms with Gasteiger partial charge in [-0.05, 0) is 18.8 Å². The molecule has 1 aliphatic rings. The molecule has 1 saturated heterocycles. The monoisotopic (exact) mass is 266 g/mol. The molecule has 1 aliphatic heterocycles. The molecule has 0 aromatic carbocycles. The molecular weight excluding hydrogens is 249 g/mol. The Bertz CT molecular complexity index is 329. The molecule has 0 saturated carbocycles. The Labute approximate surface area is 104 Å². The second-order valence-electron chi connectivity index (χ2n) is 4.79. The lowest BCUT2D eigenvalue weighted by Crippen LogP contribution is -2.50. The number of nitrogens with one attached hydrogen (secondary N) is 1. The highest BCUT2D eigenvalue weighted by atomic mass is 19.4. The molecular formula is C11H17F3N2O2. The van der Waals surface area contributed by atoms with Gasteiger partial charge in [0.1, 0.15) is 6.04 Å². The summed E-state index contributed by atoms with van der Waals surface area (Å²) in [5, 5.41) is 2.56. The Morgan fingerprint density at radius 2 is 2.00 bits per heavy atom. The van der Waals surface area contributed by atoms with Crippen molar-refractivity contribution < 1.29 is 22.8 Å². The summed E-state index contributed by atoms with van der Waals surface area (Å²) in [6, 6.07) is -0.988. The maximum absolute atomic E-state index is 12.3. The third kappa shape index (κ3) is 3.61. The fourth-order valence-electron chi connectivity index (χ4n) is 1.87. The van der Waals surface area contributed by atoms with E-state index in [0.717, 1.165) is 0 Å². The zero-order valence-electron chi connectivity index (χ0n) is 10.4. The molecule has 1 unspecified atom stereocenters. The molecule has 0 aliphatic carbocycles. The summed E-state index contributed by atoms with van der Waals surface area (Å²) in [6.45, 7) is 4.14. The average molecular weight is 266 g/mol. The lowest BCUT2D eigenvalue weighted by molar-refractivity contribution is -0.186. The lowest BCUT2D eigenvalue weighted by atomic mass is 10.2. The molecule has 18 heavy (non-hydrogen) atoms. The van der Waals surface area contributed by atoms with Gasteiger partial charge in [-0.2, -0.15) is 13.2 Å². The maximum atomic E-state index is 12.3. The minimum Gasteiger partial charge on any atom is -0.354 e. The van der Waals surface area contributed by atoms with E-state index in [1.807, 2.05) is 13.8 Å². The van der Waals surface area contributed by atoms with Gasteiger partial charge < -0.3 is 10.2 Å². The molecule has 0 bridgehead atoms. The minimum atomic E-state index is -4.92. The number of hydrogen-bond donors (Lipinski definition) is 1. The molecule has 0 aromatic heterocycles. The van der Waals surface area contributed by atoms with Gasteiger partial charge in [0.2, 0.25) is 5.91 Å². The summed E-state index contributed by atoms with van der Waals surface area (Å²) in [5.74, 6) is -2.22. The zero-order valence-corrected chi connectivity index (χ0v) is 10.4. The van der Waals surface area contributed by atoms with Crippen molar-refractivity contribution in [3.05, 3.63) is 0 Å². The number of rotatable bonds is 3. The number of hydrogen-bond acceptors (Lipinski definition) is 2. The minimum absolute atomic E-state index is 0.0158. The number of halogens is 3. The van der Waals surface area contributed by atoms with E-state index >= 15 is 0 Å². The van der Waals surface area contributed by atoms with Crippen LogP contribution < -0.4 is 5.32 Å². The first-order chi connectivity index (χ1) is 8.23. The van der Waals surface area contributed by atoms with Crippen molar-refractivity contribution in [3.8, 4) is 0 Å². The van der Waals surface area contributed by atoms with Crippen molar-refractivity contribution in [2.24, 2.45) is 5.92 Å². The predicted molar refractivity (Wildman–Crippen MR) is 58.6 cm³/mol. The first-order valence-electron chi connectivity index (χ1n) is 5.89. The molecule has 1 heterocycles. The average Bonchev–Trinajstić information content (AvgIpc) is 2.71. The number of carbonyl (C=O) groups is 2. The summed E-state index contributed by atoms with van der Waals surface area (Å²) in [5.41, 5.74) is 0. The smallest absolute Gasteiger partial charge is 0.354 e. The van der Waals surface area contributed by atoms with Crippen molar-refractivity contribution in [1.82, 2.24) is 10.2 Å². The van der Waals surface area contributed by atoms with Crippen LogP contribution in [0.25, 0.3) is 0 Å². The van der Waals surface area contributed by atoms with Gasteiger partial charge >= 0.3 is 12.1 Å². The topological polar surface area (TPSA) is 49.4 Å². The van der Waals surface area contributed by atoms with Gasteiger partial charge in [0.15, 0.2) is 0 Å². The Balaban J connectivity index is 2.65. The Morgan fingerprint density at radius 1 is 1.39 bits per heavy atom. The number of amides is 2. The van der Waals surface area contributed by atoms with Crippen LogP contribution in [0.5, 0.6) is 0 Å². The van der Waals surface area contributed by atoms with E-state index in [2.05, 4.69) is 5.32 Å². The van der Waals surface area contributed by atoms with Gasteiger partial charge in [0.25, 0.3) is 0 Å². The van der Waals surface area contributed by atoms with E-state index in [0.29, 0.717) is 17.9 Å². The molecule has 1 atom stereocenters. The van der Waals surface area contributed by atoms with E-state index in [-0.39, 0.29) is 18.9 Å². The molecule has 7 heteroatoms. The predicted octanol–water partition coefficient (Wildman–Crippen LogP) is 1.31. The van der Waals surface area contributed by atoms with Crippen molar-refractivity contribution in [1.29, 1.82) is 0 Å². The highest BCUT2D eigenvalue weighted by molar-refractivity contribution is 5.90. The van der Waals surface area contributed by atoms with Gasteiger partial charge in [0, 0.05) is 13.1 Å². The molecule has 0 radical (unpaired) electrons. The van der Waals surface area contributed by atoms with Gasteiger partial charge in [-0.1, -0.05) is 13.8 Å². The first kappa shape index (κ1) is 14.8. The number of nitrogens with zero attached hydrogens (tertiary/aromatic N) is 1. The molecule has 0 spiro atoms. The Morgan fingerprint density at radius 3 is 2.50 bits per heavy atom. The third-order valence-electron chi connectivity index (χ3n) is 2.74. The van der Waals surface area contributed by atoms with Crippen LogP contribution in [0.4, 0.5) is 13.2 Å². The van der Waals surface area contributed by atoms with Crippen LogP contribution in [0.3, 0.4) is 0 Å². The molecule has 1 rings (SSSR count). The van der Waals surface area contributed by atoms with Crippen molar-refractivity contribution >= 4 is 11.8 Å². The van der Waals surface area contributed by atoms with E-state index in [1.165, 1.54) is 0 Å². The van der Waals surface area contributed by atoms with Crippen molar-refractivity contribution in [3.63, 3.8) is 0 Å². The summed E-state index contributed by atoms with van der Waals surface area (Å²) in [6.07, 6.45) is -4.21. The van der Waals surface area contributed by atoms with E-state index in [9.17, 15) is 22.8 Å². The number of likely N-dealkylation sites (tertiary alicyclic amines) is 1. The van der Waals surface area contributed by atoms with Crippen LogP contribution >= 0.6 is 0 Å². The molecule has 1 N–H and O–H groups in total. The largest absolute Gasteiger partial charge is 0.471 e. The summed E-state index contributed by atoms with van der Waals surface area (Å²) in [7, 11) is 0. The number of alkyl halides is 3. The Kier molecular flexibility index (Phi) is 4.59. The van der Waals surface area contributed by atoms with Gasteiger partial charge in [-0.3, -0.25) is 9.59 Å². The van der Waals surface area contributed by atoms with Crippen LogP contribution in [0.2, 0.25) is 0 Å². The molecule has 1 fully saturated rings. The standard InChI is InChI=1S/C11H17F3N2O2/c1-7(2)6-15-9(17)8-4-3-5-16(8)10(18)11(12,13)14/h7-8H,3-6H2,1-2H3,(H,15,17). The molecule has 104 valence electrons. The normalized spacial score (nSPS) is 20.3. The van der Waals surface area contributed by atoms with Crippen LogP contribution in [0.15, 0.2) is 0 Å². The van der Waals surface area contributed by atoms with Crippen molar-refractivity contribution in [2.45, 2.75) is 38.9 Å². The van der Waals surface area contributed by atoms with E-state index in [4.69, 9.17) is 0 Å². The van der Waals surface area contributed by atoms with E-state index in [1.54, 1.807) is 0 Å². The van der Waals surface area contributed by atoms with Crippen LogP contribution in [0, 0.1) is 5.92 Å². The van der Waals surface area contributed by atoms with Gasteiger partial charge in [0.05, 0.1) is 0 Å². The van der Waals surface area contributed by atoms with Crippen LogP contribution in [-0.2, 0) is 9.59 Å². The molecule has 4 nitrogen and oxygen atoms in total. The zero-order chi connectivity index (χ0) is 13.9. The maximum Gasteiger partial charge on any atom is 0.471 e. The van der Waals surface area contributed by atoms with Crippen molar-refractivity contribution in [2.75, 3.05) is 13.1 Å². The van der Waals surface area contributed by atoms with Crippen LogP contribution in [-0.4, -0.2) is 42.0 Å². The second kappa shape index (κ2) is 5.58. The van der Waals surface area contributed by atoms with E-state index < -0.39 is 24.0 Å². The third-order valence-corrected chi connectivity index (χ3v) is 2.74. The van der Waals surface area contributed by atoms with Gasteiger partial charge in [-0.15, -0.1) is 0 Å². The second-order valence-corrected chi connectivity index (χ2v) is 4.79. The molecule has 0 aromatic rings. The van der Waals surface area contributed by atoms with Gasteiger partial charge in [-0.25, -0.2) is 0 Å². The fraction of sp³-hybridized carbons (Fsp3) is 0.818. The first-order valence-corrected chi connectivity index (χ1v) is 5.89. The fourth-order valence-corrected chi connectivity index (χ4v) is 1.87. The highest BCUT2D eigenvalue weighted by Gasteiger charge is 2.47. The quantitative estimate of drug-likeness (QED) is 0.837. The number of carbonyl (C=O) groups excluding carboxylic acids is 2.